The third-order valence-corrected chi connectivity index (χ3v) is 3.34. The highest BCUT2D eigenvalue weighted by atomic mass is 35.5. The second-order valence-electron chi connectivity index (χ2n) is 4.96. The van der Waals surface area contributed by atoms with E-state index in [0.29, 0.717) is 16.3 Å². The summed E-state index contributed by atoms with van der Waals surface area (Å²) in [5, 5.41) is 12.0. The molecule has 120 valence electrons. The summed E-state index contributed by atoms with van der Waals surface area (Å²) in [6.07, 6.45) is 1.44. The van der Waals surface area contributed by atoms with E-state index in [1.54, 1.807) is 18.2 Å². The van der Waals surface area contributed by atoms with E-state index in [2.05, 4.69) is 10.3 Å². The maximum atomic E-state index is 13.1. The van der Waals surface area contributed by atoms with Crippen LogP contribution in [0.2, 0.25) is 5.15 Å². The zero-order valence-electron chi connectivity index (χ0n) is 12.0. The number of benzene rings is 1. The first-order valence-corrected chi connectivity index (χ1v) is 7.19. The lowest BCUT2D eigenvalue weighted by Crippen LogP contribution is -2.43. The molecular weight excluding hydrogens is 323 g/mol. The van der Waals surface area contributed by atoms with E-state index in [0.717, 1.165) is 0 Å². The molecule has 2 N–H and O–H groups in total. The van der Waals surface area contributed by atoms with Gasteiger partial charge in [0.1, 0.15) is 17.0 Å². The lowest BCUT2D eigenvalue weighted by atomic mass is 10.1. The van der Waals surface area contributed by atoms with Crippen molar-refractivity contribution in [2.24, 2.45) is 0 Å². The van der Waals surface area contributed by atoms with Gasteiger partial charge in [-0.15, -0.1) is 0 Å². The molecule has 2 rings (SSSR count). The minimum absolute atomic E-state index is 0.0778. The molecule has 5 nitrogen and oxygen atoms in total. The Balaban J connectivity index is 1.99. The largest absolute Gasteiger partial charge is 0.480 e. The smallest absolute Gasteiger partial charge is 0.326 e. The molecular formula is C16H14ClFN2O3. The van der Waals surface area contributed by atoms with Crippen molar-refractivity contribution in [3.63, 3.8) is 0 Å². The molecule has 23 heavy (non-hydrogen) atoms. The number of halogens is 2. The molecule has 1 heterocycles. The van der Waals surface area contributed by atoms with Crippen molar-refractivity contribution >= 4 is 23.5 Å². The highest BCUT2D eigenvalue weighted by Crippen LogP contribution is 2.09. The summed E-state index contributed by atoms with van der Waals surface area (Å²) in [6, 6.07) is 7.69. The van der Waals surface area contributed by atoms with Gasteiger partial charge in [-0.05, 0) is 29.3 Å². The van der Waals surface area contributed by atoms with E-state index in [1.165, 1.54) is 24.4 Å². The van der Waals surface area contributed by atoms with Crippen LogP contribution in [0.25, 0.3) is 0 Å². The molecule has 0 saturated carbocycles. The van der Waals surface area contributed by atoms with Crippen LogP contribution in [0.3, 0.4) is 0 Å². The zero-order valence-corrected chi connectivity index (χ0v) is 12.8. The third-order valence-electron chi connectivity index (χ3n) is 3.12. The quantitative estimate of drug-likeness (QED) is 0.793. The molecule has 1 atom stereocenters. The number of carbonyl (C=O) groups is 2. The predicted octanol–water partition coefficient (Wildman–Crippen LogP) is 2.23. The van der Waals surface area contributed by atoms with Crippen LogP contribution in [-0.4, -0.2) is 28.0 Å². The highest BCUT2D eigenvalue weighted by Gasteiger charge is 2.20. The first-order valence-electron chi connectivity index (χ1n) is 6.81. The Morgan fingerprint density at radius 2 is 2.04 bits per heavy atom. The van der Waals surface area contributed by atoms with Crippen molar-refractivity contribution in [2.45, 2.75) is 18.9 Å². The first kappa shape index (κ1) is 16.9. The Morgan fingerprint density at radius 3 is 2.65 bits per heavy atom. The number of rotatable bonds is 6. The Bertz CT molecular complexity index is 707. The van der Waals surface area contributed by atoms with E-state index >= 15 is 0 Å². The summed E-state index contributed by atoms with van der Waals surface area (Å²) in [7, 11) is 0. The number of amides is 1. The minimum Gasteiger partial charge on any atom is -0.480 e. The van der Waals surface area contributed by atoms with Gasteiger partial charge in [0.25, 0.3) is 0 Å². The van der Waals surface area contributed by atoms with Gasteiger partial charge in [-0.1, -0.05) is 29.8 Å². The number of hydrogen-bond acceptors (Lipinski definition) is 3. The van der Waals surface area contributed by atoms with Crippen LogP contribution >= 0.6 is 11.6 Å². The molecule has 1 aromatic carbocycles. The third kappa shape index (κ3) is 5.34. The number of aliphatic carboxylic acids is 1. The van der Waals surface area contributed by atoms with Crippen molar-refractivity contribution in [3.05, 3.63) is 64.7 Å². The van der Waals surface area contributed by atoms with Gasteiger partial charge in [-0.25, -0.2) is 14.2 Å². The van der Waals surface area contributed by atoms with Crippen LogP contribution in [0.5, 0.6) is 0 Å². The maximum Gasteiger partial charge on any atom is 0.326 e. The molecule has 7 heteroatoms. The maximum absolute atomic E-state index is 13.1. The SMILES string of the molecule is O=C(Cc1cccc(F)c1)N[C@@H](Cc1ccc(Cl)nc1)C(=O)O. The average Bonchev–Trinajstić information content (AvgIpc) is 2.48. The summed E-state index contributed by atoms with van der Waals surface area (Å²) in [5.41, 5.74) is 1.10. The normalized spacial score (nSPS) is 11.7. The molecule has 0 aliphatic carbocycles. The molecule has 0 aliphatic heterocycles. The predicted molar refractivity (Wildman–Crippen MR) is 82.6 cm³/mol. The van der Waals surface area contributed by atoms with E-state index in [1.807, 2.05) is 0 Å². The molecule has 2 aromatic rings. The number of carboxylic acids is 1. The monoisotopic (exact) mass is 336 g/mol. The molecule has 0 bridgehead atoms. The van der Waals surface area contributed by atoms with Gasteiger partial charge in [-0.3, -0.25) is 4.79 Å². The van der Waals surface area contributed by atoms with E-state index in [4.69, 9.17) is 11.6 Å². The van der Waals surface area contributed by atoms with Crippen LogP contribution in [0.15, 0.2) is 42.6 Å². The summed E-state index contributed by atoms with van der Waals surface area (Å²) in [4.78, 5) is 27.1. The van der Waals surface area contributed by atoms with Gasteiger partial charge in [0.2, 0.25) is 5.91 Å². The van der Waals surface area contributed by atoms with E-state index in [9.17, 15) is 19.1 Å². The van der Waals surface area contributed by atoms with E-state index in [-0.39, 0.29) is 12.8 Å². The van der Waals surface area contributed by atoms with Gasteiger partial charge in [-0.2, -0.15) is 0 Å². The second-order valence-corrected chi connectivity index (χ2v) is 5.35. The summed E-state index contributed by atoms with van der Waals surface area (Å²) in [5.74, 6) is -2.10. The number of hydrogen-bond donors (Lipinski definition) is 2. The van der Waals surface area contributed by atoms with Crippen molar-refractivity contribution in [1.82, 2.24) is 10.3 Å². The van der Waals surface area contributed by atoms with Crippen molar-refractivity contribution in [1.29, 1.82) is 0 Å². The average molecular weight is 337 g/mol. The molecule has 0 spiro atoms. The molecule has 0 unspecified atom stereocenters. The number of aromatic nitrogens is 1. The number of nitrogens with one attached hydrogen (secondary N) is 1. The van der Waals surface area contributed by atoms with Gasteiger partial charge in [0, 0.05) is 12.6 Å². The Morgan fingerprint density at radius 1 is 1.26 bits per heavy atom. The summed E-state index contributed by atoms with van der Waals surface area (Å²) in [6.45, 7) is 0. The van der Waals surface area contributed by atoms with Gasteiger partial charge < -0.3 is 10.4 Å². The molecule has 0 aliphatic rings. The number of nitrogens with zero attached hydrogens (tertiary/aromatic N) is 1. The standard InChI is InChI=1S/C16H14ClFN2O3/c17-14-5-4-11(9-19-14)7-13(16(22)23)20-15(21)8-10-2-1-3-12(18)6-10/h1-6,9,13H,7-8H2,(H,20,21)(H,22,23)/t13-/m0/s1. The van der Waals surface area contributed by atoms with Gasteiger partial charge in [0.05, 0.1) is 6.42 Å². The molecule has 1 aromatic heterocycles. The fourth-order valence-corrected chi connectivity index (χ4v) is 2.15. The van der Waals surface area contributed by atoms with Crippen LogP contribution in [0.4, 0.5) is 4.39 Å². The van der Waals surface area contributed by atoms with Crippen molar-refractivity contribution < 1.29 is 19.1 Å². The van der Waals surface area contributed by atoms with Crippen molar-refractivity contribution in [2.75, 3.05) is 0 Å². The van der Waals surface area contributed by atoms with Gasteiger partial charge in [0.15, 0.2) is 0 Å². The molecule has 0 fully saturated rings. The molecule has 0 radical (unpaired) electrons. The topological polar surface area (TPSA) is 79.3 Å². The first-order chi connectivity index (χ1) is 10.9. The number of carbonyl (C=O) groups excluding carboxylic acids is 1. The van der Waals surface area contributed by atoms with Gasteiger partial charge >= 0.3 is 5.97 Å². The van der Waals surface area contributed by atoms with E-state index < -0.39 is 23.7 Å². The lowest BCUT2D eigenvalue weighted by molar-refractivity contribution is -0.141. The van der Waals surface area contributed by atoms with Crippen LogP contribution in [-0.2, 0) is 22.4 Å². The van der Waals surface area contributed by atoms with Crippen LogP contribution < -0.4 is 5.32 Å². The number of carboxylic acid groups (broad SMARTS) is 1. The zero-order chi connectivity index (χ0) is 16.8. The molecule has 1 amide bonds. The lowest BCUT2D eigenvalue weighted by Gasteiger charge is -2.14. The minimum atomic E-state index is -1.16. The van der Waals surface area contributed by atoms with Crippen LogP contribution in [0, 0.1) is 5.82 Å². The summed E-state index contributed by atoms with van der Waals surface area (Å²) < 4.78 is 13.1. The fraction of sp³-hybridized carbons (Fsp3) is 0.188. The van der Waals surface area contributed by atoms with Crippen LogP contribution in [0.1, 0.15) is 11.1 Å². The highest BCUT2D eigenvalue weighted by molar-refractivity contribution is 6.29. The Kier molecular flexibility index (Phi) is 5.65. The summed E-state index contributed by atoms with van der Waals surface area (Å²) >= 11 is 5.67. The Labute approximate surface area is 137 Å². The molecule has 0 saturated heterocycles. The second kappa shape index (κ2) is 7.69. The van der Waals surface area contributed by atoms with Crippen molar-refractivity contribution in [3.8, 4) is 0 Å². The number of pyridine rings is 1. The Hall–Kier alpha value is -2.47. The fourth-order valence-electron chi connectivity index (χ4n) is 2.04.